The van der Waals surface area contributed by atoms with Crippen LogP contribution in [0, 0.1) is 17.6 Å². The number of rotatable bonds is 6. The third kappa shape index (κ3) is 3.75. The van der Waals surface area contributed by atoms with Crippen molar-refractivity contribution in [2.75, 3.05) is 13.2 Å². The molecule has 2 N–H and O–H groups in total. The van der Waals surface area contributed by atoms with Crippen LogP contribution in [0.1, 0.15) is 30.9 Å². The second-order valence-corrected chi connectivity index (χ2v) is 4.58. The molecule has 4 heteroatoms. The van der Waals surface area contributed by atoms with Gasteiger partial charge in [0.2, 0.25) is 0 Å². The zero-order chi connectivity index (χ0) is 12.3. The molecule has 0 bridgehead atoms. The summed E-state index contributed by atoms with van der Waals surface area (Å²) in [7, 11) is 0. The van der Waals surface area contributed by atoms with Crippen LogP contribution in [0.4, 0.5) is 8.78 Å². The average Bonchev–Trinajstić information content (AvgIpc) is 3.11. The van der Waals surface area contributed by atoms with E-state index in [2.05, 4.69) is 0 Å². The molecule has 0 amide bonds. The Bertz CT molecular complexity index is 380. The number of ether oxygens (including phenoxy) is 1. The number of hydrogen-bond donors (Lipinski definition) is 1. The molecule has 1 aromatic carbocycles. The van der Waals surface area contributed by atoms with Gasteiger partial charge in [0.05, 0.1) is 12.6 Å². The standard InChI is InChI=1S/C13H17F2NO/c14-10-3-4-12(15)11(7-10)13(16)8-17-6-5-9-1-2-9/h3-4,7,9,13H,1-2,5-6,8,16H2. The van der Waals surface area contributed by atoms with E-state index in [1.165, 1.54) is 12.8 Å². The van der Waals surface area contributed by atoms with Crippen LogP contribution in [0.15, 0.2) is 18.2 Å². The highest BCUT2D eigenvalue weighted by Gasteiger charge is 2.20. The lowest BCUT2D eigenvalue weighted by atomic mass is 10.1. The second kappa shape index (κ2) is 5.56. The first kappa shape index (κ1) is 12.5. The lowest BCUT2D eigenvalue weighted by Gasteiger charge is -2.13. The highest BCUT2D eigenvalue weighted by molar-refractivity contribution is 5.22. The Hall–Kier alpha value is -1.00. The van der Waals surface area contributed by atoms with E-state index < -0.39 is 17.7 Å². The molecule has 1 fully saturated rings. The molecule has 2 rings (SSSR count). The summed E-state index contributed by atoms with van der Waals surface area (Å²) in [4.78, 5) is 0. The Morgan fingerprint density at radius 2 is 2.12 bits per heavy atom. The predicted octanol–water partition coefficient (Wildman–Crippen LogP) is 2.78. The van der Waals surface area contributed by atoms with Crippen molar-refractivity contribution in [3.05, 3.63) is 35.4 Å². The van der Waals surface area contributed by atoms with Crippen molar-refractivity contribution in [1.29, 1.82) is 0 Å². The molecule has 0 spiro atoms. The zero-order valence-corrected chi connectivity index (χ0v) is 9.66. The van der Waals surface area contributed by atoms with E-state index in [-0.39, 0.29) is 12.2 Å². The Morgan fingerprint density at radius 3 is 2.82 bits per heavy atom. The molecule has 94 valence electrons. The van der Waals surface area contributed by atoms with Gasteiger partial charge in [-0.05, 0) is 30.5 Å². The van der Waals surface area contributed by atoms with E-state index in [0.717, 1.165) is 30.5 Å². The van der Waals surface area contributed by atoms with Crippen LogP contribution in [0.3, 0.4) is 0 Å². The summed E-state index contributed by atoms with van der Waals surface area (Å²) in [5.41, 5.74) is 5.94. The second-order valence-electron chi connectivity index (χ2n) is 4.58. The number of hydrogen-bond acceptors (Lipinski definition) is 2. The van der Waals surface area contributed by atoms with E-state index in [4.69, 9.17) is 10.5 Å². The van der Waals surface area contributed by atoms with Crippen molar-refractivity contribution in [2.45, 2.75) is 25.3 Å². The minimum absolute atomic E-state index is 0.177. The maximum atomic E-state index is 13.4. The molecule has 0 radical (unpaired) electrons. The molecular weight excluding hydrogens is 224 g/mol. The summed E-state index contributed by atoms with van der Waals surface area (Å²) in [5, 5.41) is 0. The lowest BCUT2D eigenvalue weighted by Crippen LogP contribution is -2.19. The summed E-state index contributed by atoms with van der Waals surface area (Å²) < 4.78 is 31.7. The zero-order valence-electron chi connectivity index (χ0n) is 9.66. The lowest BCUT2D eigenvalue weighted by molar-refractivity contribution is 0.114. The van der Waals surface area contributed by atoms with Crippen LogP contribution in [-0.2, 0) is 4.74 Å². The first-order valence-corrected chi connectivity index (χ1v) is 5.95. The molecule has 17 heavy (non-hydrogen) atoms. The van der Waals surface area contributed by atoms with Gasteiger partial charge in [0.15, 0.2) is 0 Å². The van der Waals surface area contributed by atoms with Crippen molar-refractivity contribution in [3.8, 4) is 0 Å². The van der Waals surface area contributed by atoms with Gasteiger partial charge in [0.1, 0.15) is 11.6 Å². The summed E-state index contributed by atoms with van der Waals surface area (Å²) in [5.74, 6) is -0.156. The van der Waals surface area contributed by atoms with Crippen molar-refractivity contribution in [2.24, 2.45) is 11.7 Å². The topological polar surface area (TPSA) is 35.2 Å². The minimum Gasteiger partial charge on any atom is -0.379 e. The van der Waals surface area contributed by atoms with E-state index in [9.17, 15) is 8.78 Å². The Morgan fingerprint density at radius 1 is 1.35 bits per heavy atom. The quantitative estimate of drug-likeness (QED) is 0.777. The molecule has 1 aliphatic carbocycles. The van der Waals surface area contributed by atoms with Gasteiger partial charge in [-0.1, -0.05) is 12.8 Å². The van der Waals surface area contributed by atoms with E-state index in [0.29, 0.717) is 6.61 Å². The van der Waals surface area contributed by atoms with Crippen molar-refractivity contribution in [3.63, 3.8) is 0 Å². The van der Waals surface area contributed by atoms with Crippen LogP contribution in [-0.4, -0.2) is 13.2 Å². The summed E-state index contributed by atoms with van der Waals surface area (Å²) in [6.07, 6.45) is 3.61. The van der Waals surface area contributed by atoms with Gasteiger partial charge >= 0.3 is 0 Å². The van der Waals surface area contributed by atoms with Crippen LogP contribution in [0.2, 0.25) is 0 Å². The smallest absolute Gasteiger partial charge is 0.128 e. The SMILES string of the molecule is NC(COCCC1CC1)c1cc(F)ccc1F. The third-order valence-electron chi connectivity index (χ3n) is 3.02. The highest BCUT2D eigenvalue weighted by atomic mass is 19.1. The fraction of sp³-hybridized carbons (Fsp3) is 0.538. The monoisotopic (exact) mass is 241 g/mol. The van der Waals surface area contributed by atoms with Gasteiger partial charge in [0.25, 0.3) is 0 Å². The fourth-order valence-corrected chi connectivity index (χ4v) is 1.76. The van der Waals surface area contributed by atoms with Crippen molar-refractivity contribution in [1.82, 2.24) is 0 Å². The normalized spacial score (nSPS) is 17.1. The summed E-state index contributed by atoms with van der Waals surface area (Å²) >= 11 is 0. The Labute approximate surface area is 99.8 Å². The number of benzene rings is 1. The highest BCUT2D eigenvalue weighted by Crippen LogP contribution is 2.32. The summed E-state index contributed by atoms with van der Waals surface area (Å²) in [6.45, 7) is 0.877. The van der Waals surface area contributed by atoms with Gasteiger partial charge in [-0.3, -0.25) is 0 Å². The van der Waals surface area contributed by atoms with E-state index >= 15 is 0 Å². The third-order valence-corrected chi connectivity index (χ3v) is 3.02. The predicted molar refractivity (Wildman–Crippen MR) is 61.4 cm³/mol. The Kier molecular flexibility index (Phi) is 4.07. The van der Waals surface area contributed by atoms with Crippen molar-refractivity contribution < 1.29 is 13.5 Å². The molecule has 1 aromatic rings. The molecule has 2 nitrogen and oxygen atoms in total. The summed E-state index contributed by atoms with van der Waals surface area (Å²) in [6, 6.07) is 2.70. The van der Waals surface area contributed by atoms with Gasteiger partial charge in [-0.2, -0.15) is 0 Å². The van der Waals surface area contributed by atoms with Gasteiger partial charge in [-0.15, -0.1) is 0 Å². The molecule has 0 aromatic heterocycles. The molecule has 1 aliphatic rings. The van der Waals surface area contributed by atoms with Gasteiger partial charge in [-0.25, -0.2) is 8.78 Å². The molecular formula is C13H17F2NO. The van der Waals surface area contributed by atoms with E-state index in [1.807, 2.05) is 0 Å². The Balaban J connectivity index is 1.80. The molecule has 0 saturated heterocycles. The van der Waals surface area contributed by atoms with Crippen LogP contribution in [0.25, 0.3) is 0 Å². The maximum absolute atomic E-state index is 13.4. The molecule has 0 heterocycles. The molecule has 1 saturated carbocycles. The average molecular weight is 241 g/mol. The van der Waals surface area contributed by atoms with E-state index in [1.54, 1.807) is 0 Å². The van der Waals surface area contributed by atoms with Crippen LogP contribution < -0.4 is 5.73 Å². The largest absolute Gasteiger partial charge is 0.379 e. The molecule has 0 aliphatic heterocycles. The van der Waals surface area contributed by atoms with Crippen LogP contribution >= 0.6 is 0 Å². The fourth-order valence-electron chi connectivity index (χ4n) is 1.76. The maximum Gasteiger partial charge on any atom is 0.128 e. The molecule has 1 unspecified atom stereocenters. The first-order valence-electron chi connectivity index (χ1n) is 5.95. The van der Waals surface area contributed by atoms with Crippen molar-refractivity contribution >= 4 is 0 Å². The van der Waals surface area contributed by atoms with Crippen LogP contribution in [0.5, 0.6) is 0 Å². The molecule has 1 atom stereocenters. The van der Waals surface area contributed by atoms with Gasteiger partial charge < -0.3 is 10.5 Å². The minimum atomic E-state index is -0.607. The number of halogens is 2. The van der Waals surface area contributed by atoms with Gasteiger partial charge in [0, 0.05) is 12.2 Å². The number of nitrogens with two attached hydrogens (primary N) is 1. The first-order chi connectivity index (χ1) is 8.16.